The van der Waals surface area contributed by atoms with Gasteiger partial charge in [0.15, 0.2) is 11.6 Å². The summed E-state index contributed by atoms with van der Waals surface area (Å²) in [4.78, 5) is 14.1. The van der Waals surface area contributed by atoms with Crippen molar-refractivity contribution in [2.24, 2.45) is 0 Å². The standard InChI is InChI=1S/C22H16BrClF2N4/c1-11-2-4-15(19(26)18(11)25)21-20-14(16-8-13(24)3-5-17(16)29-20)6-7-30(21)22-27-9-12(23)10-28-22/h2-5,8-10,21,29H,6-7H2,1H3/t21-/m0/s1. The fourth-order valence-electron chi connectivity index (χ4n) is 4.13. The number of fused-ring (bicyclic) bond motifs is 3. The maximum Gasteiger partial charge on any atom is 0.226 e. The lowest BCUT2D eigenvalue weighted by molar-refractivity contribution is 0.481. The Hall–Kier alpha value is -2.51. The lowest BCUT2D eigenvalue weighted by atomic mass is 9.91. The third-order valence-corrected chi connectivity index (χ3v) is 6.20. The number of hydrogen-bond donors (Lipinski definition) is 1. The first-order chi connectivity index (χ1) is 14.4. The van der Waals surface area contributed by atoms with Crippen molar-refractivity contribution >= 4 is 44.4 Å². The van der Waals surface area contributed by atoms with Crippen LogP contribution >= 0.6 is 27.5 Å². The molecule has 4 nitrogen and oxygen atoms in total. The Morgan fingerprint density at radius 3 is 2.67 bits per heavy atom. The van der Waals surface area contributed by atoms with E-state index in [9.17, 15) is 4.39 Å². The molecule has 152 valence electrons. The van der Waals surface area contributed by atoms with Gasteiger partial charge in [-0.15, -0.1) is 0 Å². The quantitative estimate of drug-likeness (QED) is 0.369. The summed E-state index contributed by atoms with van der Waals surface area (Å²) in [5.74, 6) is -1.24. The van der Waals surface area contributed by atoms with Crippen LogP contribution < -0.4 is 4.90 Å². The van der Waals surface area contributed by atoms with E-state index in [2.05, 4.69) is 30.9 Å². The third kappa shape index (κ3) is 3.08. The topological polar surface area (TPSA) is 44.8 Å². The molecule has 0 amide bonds. The SMILES string of the molecule is Cc1ccc([C@H]2c3[nH]c4ccc(Cl)cc4c3CCN2c2ncc(Br)cn2)c(F)c1F. The monoisotopic (exact) mass is 488 g/mol. The maximum atomic E-state index is 15.1. The molecular formula is C22H16BrClF2N4. The minimum absolute atomic E-state index is 0.239. The average molecular weight is 490 g/mol. The summed E-state index contributed by atoms with van der Waals surface area (Å²) in [5.41, 5.74) is 3.25. The van der Waals surface area contributed by atoms with Crippen molar-refractivity contribution in [1.29, 1.82) is 0 Å². The van der Waals surface area contributed by atoms with Crippen LogP contribution in [0.1, 0.15) is 28.4 Å². The molecule has 8 heteroatoms. The first kappa shape index (κ1) is 19.5. The van der Waals surface area contributed by atoms with Gasteiger partial charge in [0.2, 0.25) is 5.95 Å². The number of rotatable bonds is 2. The first-order valence-corrected chi connectivity index (χ1v) is 10.6. The summed E-state index contributed by atoms with van der Waals surface area (Å²) >= 11 is 9.56. The molecule has 0 bridgehead atoms. The molecule has 4 aromatic rings. The van der Waals surface area contributed by atoms with Gasteiger partial charge in [0.25, 0.3) is 0 Å². The zero-order chi connectivity index (χ0) is 21.0. The van der Waals surface area contributed by atoms with E-state index in [1.54, 1.807) is 31.5 Å². The van der Waals surface area contributed by atoms with Crippen molar-refractivity contribution in [2.45, 2.75) is 19.4 Å². The fraction of sp³-hybridized carbons (Fsp3) is 0.182. The summed E-state index contributed by atoms with van der Waals surface area (Å²) in [6, 6.07) is 8.25. The molecule has 2 aromatic heterocycles. The van der Waals surface area contributed by atoms with Crippen molar-refractivity contribution in [3.8, 4) is 0 Å². The highest BCUT2D eigenvalue weighted by Crippen LogP contribution is 2.41. The second-order valence-corrected chi connectivity index (χ2v) is 8.71. The molecule has 1 aliphatic heterocycles. The Morgan fingerprint density at radius 2 is 1.90 bits per heavy atom. The van der Waals surface area contributed by atoms with E-state index in [1.807, 2.05) is 23.1 Å². The summed E-state index contributed by atoms with van der Waals surface area (Å²) in [7, 11) is 0. The van der Waals surface area contributed by atoms with Crippen LogP contribution in [0.25, 0.3) is 10.9 Å². The zero-order valence-corrected chi connectivity index (χ0v) is 18.2. The Morgan fingerprint density at radius 1 is 1.13 bits per heavy atom. The van der Waals surface area contributed by atoms with Gasteiger partial charge in [-0.05, 0) is 58.6 Å². The van der Waals surface area contributed by atoms with Gasteiger partial charge in [-0.3, -0.25) is 0 Å². The van der Waals surface area contributed by atoms with Crippen LogP contribution in [0.3, 0.4) is 0 Å². The summed E-state index contributed by atoms with van der Waals surface area (Å²) in [6.45, 7) is 2.10. The minimum atomic E-state index is -0.855. The number of halogens is 4. The number of nitrogens with one attached hydrogen (secondary N) is 1. The zero-order valence-electron chi connectivity index (χ0n) is 15.9. The summed E-state index contributed by atoms with van der Waals surface area (Å²) in [5, 5.41) is 1.62. The Labute approximate surface area is 185 Å². The molecule has 0 unspecified atom stereocenters. The first-order valence-electron chi connectivity index (χ1n) is 9.42. The van der Waals surface area contributed by atoms with Crippen molar-refractivity contribution < 1.29 is 8.78 Å². The molecule has 0 fully saturated rings. The van der Waals surface area contributed by atoms with E-state index in [0.717, 1.165) is 26.6 Å². The van der Waals surface area contributed by atoms with Crippen LogP contribution in [0.5, 0.6) is 0 Å². The van der Waals surface area contributed by atoms with Gasteiger partial charge in [0.05, 0.1) is 4.47 Å². The Balaban J connectivity index is 1.75. The molecule has 0 radical (unpaired) electrons. The molecule has 1 aliphatic rings. The van der Waals surface area contributed by atoms with E-state index in [0.29, 0.717) is 23.9 Å². The second kappa shape index (κ2) is 7.32. The van der Waals surface area contributed by atoms with E-state index >= 15 is 4.39 Å². The van der Waals surface area contributed by atoms with Crippen molar-refractivity contribution in [2.75, 3.05) is 11.4 Å². The lowest BCUT2D eigenvalue weighted by Crippen LogP contribution is -2.38. The lowest BCUT2D eigenvalue weighted by Gasteiger charge is -2.36. The molecule has 0 spiro atoms. The van der Waals surface area contributed by atoms with Gasteiger partial charge in [-0.2, -0.15) is 0 Å². The normalized spacial score (nSPS) is 16.2. The van der Waals surface area contributed by atoms with Gasteiger partial charge in [-0.25, -0.2) is 18.7 Å². The average Bonchev–Trinajstić information content (AvgIpc) is 3.10. The van der Waals surface area contributed by atoms with Gasteiger partial charge >= 0.3 is 0 Å². The molecule has 3 heterocycles. The number of hydrogen-bond acceptors (Lipinski definition) is 3. The van der Waals surface area contributed by atoms with Crippen molar-refractivity contribution in [1.82, 2.24) is 15.0 Å². The van der Waals surface area contributed by atoms with Crippen LogP contribution in [-0.2, 0) is 6.42 Å². The Kier molecular flexibility index (Phi) is 4.75. The van der Waals surface area contributed by atoms with Crippen LogP contribution in [0.2, 0.25) is 5.02 Å². The number of aromatic amines is 1. The molecule has 1 N–H and O–H groups in total. The molecule has 0 saturated heterocycles. The molecule has 0 saturated carbocycles. The van der Waals surface area contributed by atoms with Crippen LogP contribution in [-0.4, -0.2) is 21.5 Å². The number of benzene rings is 2. The van der Waals surface area contributed by atoms with Crippen LogP contribution in [0.15, 0.2) is 47.2 Å². The third-order valence-electron chi connectivity index (χ3n) is 5.55. The van der Waals surface area contributed by atoms with Gasteiger partial charge in [-0.1, -0.05) is 23.7 Å². The van der Waals surface area contributed by atoms with Crippen LogP contribution in [0.4, 0.5) is 14.7 Å². The smallest absolute Gasteiger partial charge is 0.226 e. The second-order valence-electron chi connectivity index (χ2n) is 7.35. The Bertz CT molecular complexity index is 1270. The number of anilines is 1. The fourth-order valence-corrected chi connectivity index (χ4v) is 4.50. The highest BCUT2D eigenvalue weighted by Gasteiger charge is 2.35. The molecule has 2 aromatic carbocycles. The van der Waals surface area contributed by atoms with Gasteiger partial charge in [0.1, 0.15) is 6.04 Å². The maximum absolute atomic E-state index is 15.1. The predicted octanol–water partition coefficient (Wildman–Crippen LogP) is 6.11. The highest BCUT2D eigenvalue weighted by molar-refractivity contribution is 9.10. The highest BCUT2D eigenvalue weighted by atomic mass is 79.9. The molecule has 30 heavy (non-hydrogen) atoms. The van der Waals surface area contributed by atoms with E-state index in [1.165, 1.54) is 0 Å². The van der Waals surface area contributed by atoms with Gasteiger partial charge in [0, 0.05) is 46.1 Å². The number of aromatic nitrogens is 3. The number of aryl methyl sites for hydroxylation is 1. The molecule has 0 aliphatic carbocycles. The van der Waals surface area contributed by atoms with Crippen LogP contribution in [0, 0.1) is 18.6 Å². The molecular weight excluding hydrogens is 474 g/mol. The van der Waals surface area contributed by atoms with E-state index in [4.69, 9.17) is 11.6 Å². The van der Waals surface area contributed by atoms with E-state index < -0.39 is 17.7 Å². The van der Waals surface area contributed by atoms with Gasteiger partial charge < -0.3 is 9.88 Å². The van der Waals surface area contributed by atoms with E-state index in [-0.39, 0.29) is 11.1 Å². The van der Waals surface area contributed by atoms with Crippen molar-refractivity contribution in [3.05, 3.63) is 86.2 Å². The molecule has 5 rings (SSSR count). The summed E-state index contributed by atoms with van der Waals surface area (Å²) in [6.07, 6.45) is 3.99. The van der Waals surface area contributed by atoms with Crippen molar-refractivity contribution in [3.63, 3.8) is 0 Å². The largest absolute Gasteiger partial charge is 0.356 e. The minimum Gasteiger partial charge on any atom is -0.356 e. The number of H-pyrrole nitrogens is 1. The molecule has 1 atom stereocenters. The predicted molar refractivity (Wildman–Crippen MR) is 117 cm³/mol. The summed E-state index contributed by atoms with van der Waals surface area (Å²) < 4.78 is 30.4. The number of nitrogens with zero attached hydrogens (tertiary/aromatic N) is 3.